The number of nitrogens with zero attached hydrogens (tertiary/aromatic N) is 1. The van der Waals surface area contributed by atoms with Gasteiger partial charge in [0.15, 0.2) is 6.29 Å². The number of amides is 1. The standard InChI is InChI=1S/C13H11FN2O2/c14-11-1-3-12(4-2-11)15-13(18)8-16-6-5-10(7-16)9-17/h1-7,9H,8H2,(H,15,18). The van der Waals surface area contributed by atoms with Crippen molar-refractivity contribution >= 4 is 17.9 Å². The molecule has 0 aliphatic rings. The molecule has 5 heteroatoms. The van der Waals surface area contributed by atoms with E-state index in [1.165, 1.54) is 24.3 Å². The minimum atomic E-state index is -0.353. The second kappa shape index (κ2) is 5.27. The van der Waals surface area contributed by atoms with Gasteiger partial charge in [0.1, 0.15) is 12.4 Å². The molecule has 4 nitrogen and oxygen atoms in total. The summed E-state index contributed by atoms with van der Waals surface area (Å²) in [5, 5.41) is 2.63. The van der Waals surface area contributed by atoms with Gasteiger partial charge in [0.05, 0.1) is 0 Å². The van der Waals surface area contributed by atoms with Gasteiger partial charge in [-0.3, -0.25) is 9.59 Å². The number of rotatable bonds is 4. The number of hydrogen-bond acceptors (Lipinski definition) is 2. The molecule has 0 atom stereocenters. The zero-order chi connectivity index (χ0) is 13.0. The lowest BCUT2D eigenvalue weighted by Gasteiger charge is -2.05. The minimum Gasteiger partial charge on any atom is -0.344 e. The number of nitrogens with one attached hydrogen (secondary N) is 1. The molecular formula is C13H11FN2O2. The van der Waals surface area contributed by atoms with E-state index >= 15 is 0 Å². The minimum absolute atomic E-state index is 0.102. The Morgan fingerprint density at radius 1 is 1.28 bits per heavy atom. The highest BCUT2D eigenvalue weighted by molar-refractivity contribution is 5.90. The van der Waals surface area contributed by atoms with Crippen LogP contribution < -0.4 is 5.32 Å². The number of aldehydes is 1. The molecule has 0 radical (unpaired) electrons. The highest BCUT2D eigenvalue weighted by Gasteiger charge is 2.04. The fraction of sp³-hybridized carbons (Fsp3) is 0.0769. The monoisotopic (exact) mass is 246 g/mol. The molecule has 0 aliphatic heterocycles. The van der Waals surface area contributed by atoms with E-state index in [0.717, 1.165) is 0 Å². The quantitative estimate of drug-likeness (QED) is 0.840. The largest absolute Gasteiger partial charge is 0.344 e. The van der Waals surface area contributed by atoms with Gasteiger partial charge in [0, 0.05) is 23.6 Å². The van der Waals surface area contributed by atoms with Gasteiger partial charge >= 0.3 is 0 Å². The predicted molar refractivity (Wildman–Crippen MR) is 64.8 cm³/mol. The first kappa shape index (κ1) is 12.0. The number of anilines is 1. The van der Waals surface area contributed by atoms with Crippen LogP contribution in [0.5, 0.6) is 0 Å². The first-order valence-corrected chi connectivity index (χ1v) is 5.34. The van der Waals surface area contributed by atoms with Crippen molar-refractivity contribution in [2.75, 3.05) is 5.32 Å². The number of benzene rings is 1. The molecule has 1 N–H and O–H groups in total. The van der Waals surface area contributed by atoms with Gasteiger partial charge in [0.2, 0.25) is 5.91 Å². The van der Waals surface area contributed by atoms with E-state index < -0.39 is 0 Å². The van der Waals surface area contributed by atoms with Gasteiger partial charge in [-0.25, -0.2) is 4.39 Å². The number of hydrogen-bond donors (Lipinski definition) is 1. The number of halogens is 1. The highest BCUT2D eigenvalue weighted by Crippen LogP contribution is 2.08. The number of carbonyl (C=O) groups is 2. The van der Waals surface area contributed by atoms with Crippen molar-refractivity contribution in [3.63, 3.8) is 0 Å². The van der Waals surface area contributed by atoms with Gasteiger partial charge in [-0.05, 0) is 30.3 Å². The Kier molecular flexibility index (Phi) is 3.52. The summed E-state index contributed by atoms with van der Waals surface area (Å²) in [6.45, 7) is 0.102. The average molecular weight is 246 g/mol. The molecule has 0 saturated heterocycles. The molecule has 0 unspecified atom stereocenters. The van der Waals surface area contributed by atoms with Crippen LogP contribution in [0.2, 0.25) is 0 Å². The van der Waals surface area contributed by atoms with Crippen molar-refractivity contribution in [2.24, 2.45) is 0 Å². The zero-order valence-corrected chi connectivity index (χ0v) is 9.47. The summed E-state index contributed by atoms with van der Waals surface area (Å²) < 4.78 is 14.3. The summed E-state index contributed by atoms with van der Waals surface area (Å²) in [6.07, 6.45) is 3.94. The zero-order valence-electron chi connectivity index (χ0n) is 9.47. The van der Waals surface area contributed by atoms with Crippen LogP contribution in [0.1, 0.15) is 10.4 Å². The summed E-state index contributed by atoms with van der Waals surface area (Å²) in [5.74, 6) is -0.594. The van der Waals surface area contributed by atoms with Crippen molar-refractivity contribution in [2.45, 2.75) is 6.54 Å². The van der Waals surface area contributed by atoms with E-state index in [2.05, 4.69) is 5.32 Å². The van der Waals surface area contributed by atoms with E-state index in [1.807, 2.05) is 0 Å². The second-order valence-corrected chi connectivity index (χ2v) is 3.79. The Bertz CT molecular complexity index is 561. The highest BCUT2D eigenvalue weighted by atomic mass is 19.1. The molecule has 0 aliphatic carbocycles. The van der Waals surface area contributed by atoms with Gasteiger partial charge in [-0.15, -0.1) is 0 Å². The lowest BCUT2D eigenvalue weighted by molar-refractivity contribution is -0.116. The fourth-order valence-electron chi connectivity index (χ4n) is 1.53. The molecule has 1 aromatic carbocycles. The normalized spacial score (nSPS) is 10.1. The molecule has 2 rings (SSSR count). The molecule has 18 heavy (non-hydrogen) atoms. The molecule has 92 valence electrons. The van der Waals surface area contributed by atoms with Crippen LogP contribution in [0.4, 0.5) is 10.1 Å². The van der Waals surface area contributed by atoms with E-state index in [-0.39, 0.29) is 18.3 Å². The molecule has 0 spiro atoms. The third-order valence-corrected chi connectivity index (χ3v) is 2.36. The van der Waals surface area contributed by atoms with E-state index in [0.29, 0.717) is 17.5 Å². The van der Waals surface area contributed by atoms with Crippen LogP contribution in [-0.4, -0.2) is 16.8 Å². The maximum atomic E-state index is 12.7. The SMILES string of the molecule is O=Cc1ccn(CC(=O)Nc2ccc(F)cc2)c1. The number of aromatic nitrogens is 1. The van der Waals surface area contributed by atoms with Gasteiger partial charge < -0.3 is 9.88 Å². The van der Waals surface area contributed by atoms with Crippen molar-refractivity contribution in [3.05, 3.63) is 54.1 Å². The van der Waals surface area contributed by atoms with E-state index in [9.17, 15) is 14.0 Å². The first-order valence-electron chi connectivity index (χ1n) is 5.34. The Morgan fingerprint density at radius 3 is 2.61 bits per heavy atom. The first-order chi connectivity index (χ1) is 8.67. The van der Waals surface area contributed by atoms with Crippen LogP contribution in [-0.2, 0) is 11.3 Å². The van der Waals surface area contributed by atoms with Crippen molar-refractivity contribution in [1.29, 1.82) is 0 Å². The van der Waals surface area contributed by atoms with Crippen molar-refractivity contribution < 1.29 is 14.0 Å². The van der Waals surface area contributed by atoms with Crippen LogP contribution in [0, 0.1) is 5.82 Å². The summed E-state index contributed by atoms with van der Waals surface area (Å²) >= 11 is 0. The molecule has 1 heterocycles. The Morgan fingerprint density at radius 2 is 2.00 bits per heavy atom. The van der Waals surface area contributed by atoms with Gasteiger partial charge in [-0.2, -0.15) is 0 Å². The van der Waals surface area contributed by atoms with Crippen LogP contribution >= 0.6 is 0 Å². The molecule has 0 saturated carbocycles. The lowest BCUT2D eigenvalue weighted by Crippen LogP contribution is -2.17. The van der Waals surface area contributed by atoms with Crippen molar-refractivity contribution in [3.8, 4) is 0 Å². The third kappa shape index (κ3) is 3.04. The van der Waals surface area contributed by atoms with Gasteiger partial charge in [-0.1, -0.05) is 0 Å². The predicted octanol–water partition coefficient (Wildman–Crippen LogP) is 2.08. The van der Waals surface area contributed by atoms with Crippen LogP contribution in [0.3, 0.4) is 0 Å². The Labute approximate surface area is 103 Å². The Balaban J connectivity index is 1.96. The molecular weight excluding hydrogens is 235 g/mol. The summed E-state index contributed by atoms with van der Waals surface area (Å²) in [6, 6.07) is 7.14. The molecule has 1 aromatic heterocycles. The maximum absolute atomic E-state index is 12.7. The summed E-state index contributed by atoms with van der Waals surface area (Å²) in [4.78, 5) is 22.1. The lowest BCUT2D eigenvalue weighted by atomic mass is 10.3. The summed E-state index contributed by atoms with van der Waals surface area (Å²) in [5.41, 5.74) is 1.05. The number of carbonyl (C=O) groups excluding carboxylic acids is 2. The molecule has 0 fully saturated rings. The summed E-state index contributed by atoms with van der Waals surface area (Å²) in [7, 11) is 0. The van der Waals surface area contributed by atoms with Gasteiger partial charge in [0.25, 0.3) is 0 Å². The molecule has 0 bridgehead atoms. The second-order valence-electron chi connectivity index (χ2n) is 3.79. The van der Waals surface area contributed by atoms with Crippen LogP contribution in [0.15, 0.2) is 42.7 Å². The molecule has 1 amide bonds. The van der Waals surface area contributed by atoms with Crippen molar-refractivity contribution in [1.82, 2.24) is 4.57 Å². The van der Waals surface area contributed by atoms with Crippen LogP contribution in [0.25, 0.3) is 0 Å². The fourth-order valence-corrected chi connectivity index (χ4v) is 1.53. The van der Waals surface area contributed by atoms with E-state index in [4.69, 9.17) is 0 Å². The third-order valence-electron chi connectivity index (χ3n) is 2.36. The average Bonchev–Trinajstić information content (AvgIpc) is 2.79. The smallest absolute Gasteiger partial charge is 0.244 e. The van der Waals surface area contributed by atoms with E-state index in [1.54, 1.807) is 23.0 Å². The molecule has 2 aromatic rings. The maximum Gasteiger partial charge on any atom is 0.244 e. The topological polar surface area (TPSA) is 51.1 Å². The Hall–Kier alpha value is -2.43.